The second kappa shape index (κ2) is 5.27. The molecule has 21 heavy (non-hydrogen) atoms. The highest BCUT2D eigenvalue weighted by atomic mass is 35.5. The number of nitrogens with one attached hydrogen (secondary N) is 1. The molecule has 1 aromatic heterocycles. The van der Waals surface area contributed by atoms with Crippen molar-refractivity contribution in [3.8, 4) is 11.3 Å². The molecule has 1 aromatic carbocycles. The van der Waals surface area contributed by atoms with Gasteiger partial charge in [0, 0.05) is 10.9 Å². The second-order valence-electron chi connectivity index (χ2n) is 5.34. The maximum atomic E-state index is 11.9. The Labute approximate surface area is 137 Å². The van der Waals surface area contributed by atoms with Crippen LogP contribution < -0.4 is 5.32 Å². The van der Waals surface area contributed by atoms with Crippen LogP contribution >= 0.6 is 34.5 Å². The SMILES string of the molecule is Cc1ccc(-c2csc(NC(=O)[C@@H]3CC3(Cl)Cl)n2)cc1C. The zero-order chi connectivity index (χ0) is 15.2. The van der Waals surface area contributed by atoms with E-state index in [1.165, 1.54) is 22.5 Å². The lowest BCUT2D eigenvalue weighted by atomic mass is 10.1. The second-order valence-corrected chi connectivity index (χ2v) is 7.74. The van der Waals surface area contributed by atoms with Crippen molar-refractivity contribution in [1.29, 1.82) is 0 Å². The quantitative estimate of drug-likeness (QED) is 0.832. The molecule has 0 spiro atoms. The first-order valence-corrected chi connectivity index (χ1v) is 8.22. The molecule has 1 amide bonds. The van der Waals surface area contributed by atoms with Crippen LogP contribution in [-0.4, -0.2) is 15.2 Å². The van der Waals surface area contributed by atoms with Crippen LogP contribution in [0.2, 0.25) is 0 Å². The number of halogens is 2. The van der Waals surface area contributed by atoms with Gasteiger partial charge in [-0.25, -0.2) is 4.98 Å². The lowest BCUT2D eigenvalue weighted by Gasteiger charge is -2.03. The van der Waals surface area contributed by atoms with Crippen LogP contribution in [-0.2, 0) is 4.79 Å². The van der Waals surface area contributed by atoms with Crippen molar-refractivity contribution >= 4 is 45.6 Å². The van der Waals surface area contributed by atoms with Gasteiger partial charge in [-0.3, -0.25) is 4.79 Å². The Bertz CT molecular complexity index is 711. The fourth-order valence-electron chi connectivity index (χ4n) is 2.05. The van der Waals surface area contributed by atoms with Crippen molar-refractivity contribution in [3.63, 3.8) is 0 Å². The van der Waals surface area contributed by atoms with E-state index in [1.54, 1.807) is 0 Å². The normalized spacial score (nSPS) is 19.3. The highest BCUT2D eigenvalue weighted by Crippen LogP contribution is 2.53. The fraction of sp³-hybridized carbons (Fsp3) is 0.333. The summed E-state index contributed by atoms with van der Waals surface area (Å²) in [4.78, 5) is 16.4. The molecular formula is C15H14Cl2N2OS. The van der Waals surface area contributed by atoms with E-state index in [2.05, 4.69) is 36.3 Å². The Morgan fingerprint density at radius 3 is 2.71 bits per heavy atom. The first-order chi connectivity index (χ1) is 9.87. The summed E-state index contributed by atoms with van der Waals surface area (Å²) >= 11 is 13.2. The van der Waals surface area contributed by atoms with Gasteiger partial charge in [-0.2, -0.15) is 0 Å². The summed E-state index contributed by atoms with van der Waals surface area (Å²) in [5.74, 6) is -0.504. The number of hydrogen-bond donors (Lipinski definition) is 1. The number of aromatic nitrogens is 1. The van der Waals surface area contributed by atoms with E-state index < -0.39 is 4.33 Å². The first kappa shape index (κ1) is 14.8. The lowest BCUT2D eigenvalue weighted by Crippen LogP contribution is -2.16. The topological polar surface area (TPSA) is 42.0 Å². The number of nitrogens with zero attached hydrogens (tertiary/aromatic N) is 1. The molecule has 1 fully saturated rings. The van der Waals surface area contributed by atoms with Crippen LogP contribution in [0.1, 0.15) is 17.5 Å². The van der Waals surface area contributed by atoms with E-state index in [1.807, 2.05) is 11.4 Å². The molecule has 1 atom stereocenters. The summed E-state index contributed by atoms with van der Waals surface area (Å²) in [7, 11) is 0. The monoisotopic (exact) mass is 340 g/mol. The van der Waals surface area contributed by atoms with Gasteiger partial charge in [-0.05, 0) is 37.5 Å². The number of carbonyl (C=O) groups is 1. The summed E-state index contributed by atoms with van der Waals surface area (Å²) in [6.45, 7) is 4.15. The molecule has 6 heteroatoms. The number of aryl methyl sites for hydroxylation is 2. The molecule has 0 saturated heterocycles. The zero-order valence-corrected chi connectivity index (χ0v) is 13.9. The van der Waals surface area contributed by atoms with Gasteiger partial charge >= 0.3 is 0 Å². The van der Waals surface area contributed by atoms with Crippen LogP contribution in [0.15, 0.2) is 23.6 Å². The van der Waals surface area contributed by atoms with Crippen LogP contribution in [0.5, 0.6) is 0 Å². The predicted molar refractivity (Wildman–Crippen MR) is 88.2 cm³/mol. The van der Waals surface area contributed by atoms with Crippen LogP contribution in [0.3, 0.4) is 0 Å². The Morgan fingerprint density at radius 2 is 2.10 bits per heavy atom. The Morgan fingerprint density at radius 1 is 1.38 bits per heavy atom. The molecule has 3 rings (SSSR count). The van der Waals surface area contributed by atoms with Gasteiger partial charge in [-0.15, -0.1) is 34.5 Å². The number of rotatable bonds is 3. The molecule has 0 aliphatic heterocycles. The summed E-state index contributed by atoms with van der Waals surface area (Å²) in [6.07, 6.45) is 0.497. The van der Waals surface area contributed by atoms with Crippen molar-refractivity contribution in [2.75, 3.05) is 5.32 Å². The molecule has 3 nitrogen and oxygen atoms in total. The standard InChI is InChI=1S/C15H14Cl2N2OS/c1-8-3-4-10(5-9(8)2)12-7-21-14(18-12)19-13(20)11-6-15(11,16)17/h3-5,7,11H,6H2,1-2H3,(H,18,19,20)/t11-/m0/s1. The molecule has 1 saturated carbocycles. The molecule has 0 radical (unpaired) electrons. The number of thiazole rings is 1. The largest absolute Gasteiger partial charge is 0.302 e. The van der Waals surface area contributed by atoms with E-state index in [0.717, 1.165) is 11.3 Å². The summed E-state index contributed by atoms with van der Waals surface area (Å²) < 4.78 is -0.905. The van der Waals surface area contributed by atoms with E-state index in [4.69, 9.17) is 23.2 Å². The molecule has 1 aliphatic rings. The molecule has 1 N–H and O–H groups in total. The summed E-state index contributed by atoms with van der Waals surface area (Å²) in [5.41, 5.74) is 4.37. The molecule has 1 heterocycles. The highest BCUT2D eigenvalue weighted by Gasteiger charge is 2.56. The number of amides is 1. The average Bonchev–Trinajstić information content (AvgIpc) is 2.84. The van der Waals surface area contributed by atoms with Gasteiger partial charge in [-0.1, -0.05) is 12.1 Å². The first-order valence-electron chi connectivity index (χ1n) is 6.58. The number of carbonyl (C=O) groups excluding carboxylic acids is 1. The molecule has 0 unspecified atom stereocenters. The Hall–Kier alpha value is -1.10. The van der Waals surface area contributed by atoms with Crippen molar-refractivity contribution in [3.05, 3.63) is 34.7 Å². The zero-order valence-electron chi connectivity index (χ0n) is 11.6. The van der Waals surface area contributed by atoms with Gasteiger partial charge in [0.25, 0.3) is 0 Å². The Kier molecular flexibility index (Phi) is 3.72. The minimum absolute atomic E-state index is 0.166. The molecular weight excluding hydrogens is 327 g/mol. The van der Waals surface area contributed by atoms with Crippen LogP contribution in [0.4, 0.5) is 5.13 Å². The smallest absolute Gasteiger partial charge is 0.232 e. The van der Waals surface area contributed by atoms with Gasteiger partial charge in [0.1, 0.15) is 4.33 Å². The van der Waals surface area contributed by atoms with Crippen molar-refractivity contribution in [1.82, 2.24) is 4.98 Å². The van der Waals surface area contributed by atoms with Crippen molar-refractivity contribution < 1.29 is 4.79 Å². The summed E-state index contributed by atoms with van der Waals surface area (Å²) in [6, 6.07) is 6.20. The maximum absolute atomic E-state index is 11.9. The third kappa shape index (κ3) is 3.07. The molecule has 0 bridgehead atoms. The fourth-order valence-corrected chi connectivity index (χ4v) is 3.28. The molecule has 110 valence electrons. The third-order valence-electron chi connectivity index (χ3n) is 3.68. The van der Waals surface area contributed by atoms with Gasteiger partial charge in [0.05, 0.1) is 11.6 Å². The van der Waals surface area contributed by atoms with Crippen molar-refractivity contribution in [2.24, 2.45) is 5.92 Å². The van der Waals surface area contributed by atoms with Gasteiger partial charge < -0.3 is 5.32 Å². The number of benzene rings is 1. The highest BCUT2D eigenvalue weighted by molar-refractivity contribution is 7.14. The summed E-state index contributed by atoms with van der Waals surface area (Å²) in [5, 5.41) is 5.28. The minimum Gasteiger partial charge on any atom is -0.302 e. The number of anilines is 1. The average molecular weight is 341 g/mol. The van der Waals surface area contributed by atoms with E-state index in [0.29, 0.717) is 11.6 Å². The molecule has 2 aromatic rings. The van der Waals surface area contributed by atoms with Gasteiger partial charge in [0.2, 0.25) is 5.91 Å². The van der Waals surface area contributed by atoms with E-state index >= 15 is 0 Å². The third-order valence-corrected chi connectivity index (χ3v) is 5.27. The number of hydrogen-bond acceptors (Lipinski definition) is 3. The van der Waals surface area contributed by atoms with Crippen LogP contribution in [0, 0.1) is 19.8 Å². The number of alkyl halides is 2. The molecule has 1 aliphatic carbocycles. The van der Waals surface area contributed by atoms with E-state index in [-0.39, 0.29) is 11.8 Å². The van der Waals surface area contributed by atoms with Gasteiger partial charge in [0.15, 0.2) is 5.13 Å². The van der Waals surface area contributed by atoms with E-state index in [9.17, 15) is 4.79 Å². The predicted octanol–water partition coefficient (Wildman–Crippen LogP) is 4.56. The lowest BCUT2D eigenvalue weighted by molar-refractivity contribution is -0.117. The van der Waals surface area contributed by atoms with Crippen molar-refractivity contribution in [2.45, 2.75) is 24.6 Å². The maximum Gasteiger partial charge on any atom is 0.232 e. The van der Waals surface area contributed by atoms with Crippen LogP contribution in [0.25, 0.3) is 11.3 Å². The minimum atomic E-state index is -0.905. The Balaban J connectivity index is 1.74.